The summed E-state index contributed by atoms with van der Waals surface area (Å²) >= 11 is 0. The Bertz CT molecular complexity index is 917. The van der Waals surface area contributed by atoms with Crippen molar-refractivity contribution in [1.29, 1.82) is 0 Å². The van der Waals surface area contributed by atoms with Crippen molar-refractivity contribution in [3.8, 4) is 0 Å². The lowest BCUT2D eigenvalue weighted by Crippen LogP contribution is -2.27. The van der Waals surface area contributed by atoms with Crippen LogP contribution in [0.3, 0.4) is 0 Å². The summed E-state index contributed by atoms with van der Waals surface area (Å²) in [7, 11) is 1.97. The highest BCUT2D eigenvalue weighted by Gasteiger charge is 2.12. The van der Waals surface area contributed by atoms with Crippen molar-refractivity contribution in [3.05, 3.63) is 42.2 Å². The number of carbonyl (C=O) groups is 2. The number of carbonyl (C=O) groups excluding carboxylic acids is 2. The van der Waals surface area contributed by atoms with Crippen LogP contribution in [0.15, 0.2) is 36.5 Å². The Morgan fingerprint density at radius 1 is 1.21 bits per heavy atom. The monoisotopic (exact) mass is 326 g/mol. The molecule has 0 saturated heterocycles. The van der Waals surface area contributed by atoms with E-state index in [4.69, 9.17) is 5.21 Å². The van der Waals surface area contributed by atoms with Crippen LogP contribution >= 0.6 is 0 Å². The minimum absolute atomic E-state index is 0.145. The lowest BCUT2D eigenvalue weighted by Gasteiger charge is -2.05. The molecule has 7 heteroatoms. The first-order chi connectivity index (χ1) is 11.6. The quantitative estimate of drug-likeness (QED) is 0.378. The van der Waals surface area contributed by atoms with Gasteiger partial charge in [-0.1, -0.05) is 18.2 Å². The fourth-order valence-electron chi connectivity index (χ4n) is 2.78. The summed E-state index contributed by atoms with van der Waals surface area (Å²) in [4.78, 5) is 27.4. The topological polar surface area (TPSA) is 96.2 Å². The Labute approximate surface area is 138 Å². The van der Waals surface area contributed by atoms with Crippen LogP contribution in [0.25, 0.3) is 21.8 Å². The molecule has 0 bridgehead atoms. The van der Waals surface area contributed by atoms with Crippen molar-refractivity contribution >= 4 is 33.6 Å². The molecule has 0 aliphatic rings. The van der Waals surface area contributed by atoms with Crippen LogP contribution in [-0.2, 0) is 11.8 Å². The Hall–Kier alpha value is -2.93. The summed E-state index contributed by atoms with van der Waals surface area (Å²) < 4.78 is 2.05. The van der Waals surface area contributed by atoms with Gasteiger partial charge < -0.3 is 9.88 Å². The fourth-order valence-corrected chi connectivity index (χ4v) is 2.78. The molecule has 0 aliphatic heterocycles. The number of para-hydroxylation sites is 1. The van der Waals surface area contributed by atoms with Gasteiger partial charge in [0.05, 0.1) is 11.7 Å². The molecule has 124 valence electrons. The highest BCUT2D eigenvalue weighted by atomic mass is 16.5. The number of benzene rings is 1. The molecule has 2 amide bonds. The van der Waals surface area contributed by atoms with Crippen LogP contribution in [0, 0.1) is 0 Å². The van der Waals surface area contributed by atoms with Gasteiger partial charge in [0.1, 0.15) is 5.69 Å². The highest BCUT2D eigenvalue weighted by molar-refractivity contribution is 6.09. The number of nitrogens with one attached hydrogen (secondary N) is 2. The molecule has 0 fully saturated rings. The maximum atomic E-state index is 12.2. The van der Waals surface area contributed by atoms with Crippen LogP contribution in [0.4, 0.5) is 0 Å². The molecule has 3 aromatic rings. The number of hydrogen-bond donors (Lipinski definition) is 3. The van der Waals surface area contributed by atoms with Gasteiger partial charge in [0.2, 0.25) is 5.91 Å². The largest absolute Gasteiger partial charge is 0.351 e. The van der Waals surface area contributed by atoms with Crippen LogP contribution in [0.2, 0.25) is 0 Å². The second kappa shape index (κ2) is 6.67. The summed E-state index contributed by atoms with van der Waals surface area (Å²) in [5.74, 6) is -0.756. The van der Waals surface area contributed by atoms with Crippen molar-refractivity contribution in [2.45, 2.75) is 12.8 Å². The van der Waals surface area contributed by atoms with Gasteiger partial charge >= 0.3 is 0 Å². The van der Waals surface area contributed by atoms with Gasteiger partial charge in [-0.05, 0) is 18.6 Å². The third-order valence-corrected chi connectivity index (χ3v) is 4.02. The van der Waals surface area contributed by atoms with E-state index in [-0.39, 0.29) is 12.3 Å². The van der Waals surface area contributed by atoms with Gasteiger partial charge in [-0.15, -0.1) is 0 Å². The van der Waals surface area contributed by atoms with Gasteiger partial charge in [-0.2, -0.15) is 0 Å². The van der Waals surface area contributed by atoms with Crippen LogP contribution in [0.1, 0.15) is 23.3 Å². The molecule has 0 unspecified atom stereocenters. The predicted octanol–water partition coefficient (Wildman–Crippen LogP) is 1.74. The van der Waals surface area contributed by atoms with E-state index in [9.17, 15) is 9.59 Å². The Balaban J connectivity index is 1.79. The van der Waals surface area contributed by atoms with Crippen LogP contribution in [0.5, 0.6) is 0 Å². The van der Waals surface area contributed by atoms with Crippen LogP contribution < -0.4 is 10.8 Å². The van der Waals surface area contributed by atoms with E-state index in [1.54, 1.807) is 17.7 Å². The molecule has 1 aromatic carbocycles. The first-order valence-electron chi connectivity index (χ1n) is 7.66. The number of aryl methyl sites for hydroxylation is 1. The maximum absolute atomic E-state index is 12.2. The average Bonchev–Trinajstić information content (AvgIpc) is 2.91. The normalized spacial score (nSPS) is 10.9. The average molecular weight is 326 g/mol. The third kappa shape index (κ3) is 2.93. The molecule has 0 radical (unpaired) electrons. The molecule has 2 heterocycles. The molecule has 0 spiro atoms. The molecule has 2 aromatic heterocycles. The number of fused-ring (bicyclic) bond motifs is 3. The number of hydroxylamine groups is 1. The molecular weight excluding hydrogens is 308 g/mol. The molecule has 0 aliphatic carbocycles. The lowest BCUT2D eigenvalue weighted by molar-refractivity contribution is -0.129. The minimum atomic E-state index is -0.473. The van der Waals surface area contributed by atoms with E-state index in [0.29, 0.717) is 18.7 Å². The molecule has 0 atom stereocenters. The zero-order valence-electron chi connectivity index (χ0n) is 13.2. The van der Waals surface area contributed by atoms with E-state index in [1.807, 2.05) is 35.9 Å². The number of rotatable bonds is 5. The maximum Gasteiger partial charge on any atom is 0.269 e. The fraction of sp³-hybridized carbons (Fsp3) is 0.235. The van der Waals surface area contributed by atoms with Crippen molar-refractivity contribution in [3.63, 3.8) is 0 Å². The number of aromatic nitrogens is 2. The third-order valence-electron chi connectivity index (χ3n) is 4.02. The predicted molar refractivity (Wildman–Crippen MR) is 89.7 cm³/mol. The minimum Gasteiger partial charge on any atom is -0.351 e. The van der Waals surface area contributed by atoms with Gasteiger partial charge in [-0.3, -0.25) is 14.8 Å². The first-order valence-corrected chi connectivity index (χ1v) is 7.66. The second-order valence-corrected chi connectivity index (χ2v) is 5.56. The first kappa shape index (κ1) is 15.9. The molecular formula is C17H18N4O3. The van der Waals surface area contributed by atoms with Crippen molar-refractivity contribution in [2.24, 2.45) is 7.05 Å². The van der Waals surface area contributed by atoms with Gasteiger partial charge in [0.25, 0.3) is 5.91 Å². The summed E-state index contributed by atoms with van der Waals surface area (Å²) in [5, 5.41) is 13.2. The lowest BCUT2D eigenvalue weighted by atomic mass is 10.1. The molecule has 3 N–H and O–H groups in total. The van der Waals surface area contributed by atoms with Crippen molar-refractivity contribution in [2.75, 3.05) is 6.54 Å². The summed E-state index contributed by atoms with van der Waals surface area (Å²) in [6.45, 7) is 0.335. The van der Waals surface area contributed by atoms with E-state index in [0.717, 1.165) is 21.8 Å². The van der Waals surface area contributed by atoms with Crippen molar-refractivity contribution in [1.82, 2.24) is 20.3 Å². The van der Waals surface area contributed by atoms with Crippen LogP contribution in [-0.4, -0.2) is 33.1 Å². The van der Waals surface area contributed by atoms with Gasteiger partial charge in [0.15, 0.2) is 0 Å². The van der Waals surface area contributed by atoms with E-state index < -0.39 is 5.91 Å². The zero-order chi connectivity index (χ0) is 17.1. The Morgan fingerprint density at radius 2 is 2.00 bits per heavy atom. The van der Waals surface area contributed by atoms with E-state index >= 15 is 0 Å². The van der Waals surface area contributed by atoms with Crippen molar-refractivity contribution < 1.29 is 14.8 Å². The number of amides is 2. The second-order valence-electron chi connectivity index (χ2n) is 5.56. The SMILES string of the molecule is Cn1c2ccccc2c2cc(C(=O)NCCCC(=O)NO)ncc21. The Kier molecular flexibility index (Phi) is 4.43. The highest BCUT2D eigenvalue weighted by Crippen LogP contribution is 2.27. The van der Waals surface area contributed by atoms with E-state index in [2.05, 4.69) is 10.3 Å². The summed E-state index contributed by atoms with van der Waals surface area (Å²) in [5.41, 5.74) is 3.95. The number of pyridine rings is 1. The molecule has 0 saturated carbocycles. The van der Waals surface area contributed by atoms with E-state index in [1.165, 1.54) is 0 Å². The standard InChI is InChI=1S/C17H18N4O3/c1-21-14-6-3-2-5-11(14)12-9-13(19-10-15(12)21)17(23)18-8-4-7-16(22)20-24/h2-3,5-6,9-10,24H,4,7-8H2,1H3,(H,18,23)(H,20,22). The zero-order valence-corrected chi connectivity index (χ0v) is 13.2. The number of nitrogens with zero attached hydrogens (tertiary/aromatic N) is 2. The molecule has 7 nitrogen and oxygen atoms in total. The number of hydrogen-bond acceptors (Lipinski definition) is 4. The summed E-state index contributed by atoms with van der Waals surface area (Å²) in [6, 6.07) is 9.78. The molecule has 3 rings (SSSR count). The molecule has 24 heavy (non-hydrogen) atoms. The Morgan fingerprint density at radius 3 is 2.79 bits per heavy atom. The summed E-state index contributed by atoms with van der Waals surface area (Å²) in [6.07, 6.45) is 2.28. The van der Waals surface area contributed by atoms with Gasteiger partial charge in [0, 0.05) is 36.3 Å². The van der Waals surface area contributed by atoms with Gasteiger partial charge in [-0.25, -0.2) is 10.5 Å². The smallest absolute Gasteiger partial charge is 0.269 e.